The summed E-state index contributed by atoms with van der Waals surface area (Å²) in [6.45, 7) is 1.88. The molecule has 0 aromatic heterocycles. The molecule has 0 saturated heterocycles. The van der Waals surface area contributed by atoms with E-state index in [-0.39, 0.29) is 6.42 Å². The minimum absolute atomic E-state index is 0.0527. The van der Waals surface area contributed by atoms with Crippen LogP contribution >= 0.6 is 22.6 Å². The number of carboxylic acid groups (broad SMARTS) is 1. The molecular weight excluding hydrogens is 281 g/mol. The first-order valence-electron chi connectivity index (χ1n) is 3.77. The lowest BCUT2D eigenvalue weighted by molar-refractivity contribution is -0.136. The average molecular weight is 291 g/mol. The fraction of sp³-hybridized carbons (Fsp3) is 0.222. The molecule has 0 heterocycles. The van der Waals surface area contributed by atoms with Gasteiger partial charge in [0.05, 0.1) is 6.42 Å². The molecule has 0 saturated carbocycles. The first-order chi connectivity index (χ1) is 6.00. The topological polar surface area (TPSA) is 63.3 Å². The van der Waals surface area contributed by atoms with E-state index < -0.39 is 5.97 Å². The number of aryl methyl sites for hydroxylation is 1. The number of halogens is 1. The van der Waals surface area contributed by atoms with Crippen LogP contribution in [0.5, 0.6) is 0 Å². The van der Waals surface area contributed by atoms with Crippen LogP contribution in [0.25, 0.3) is 0 Å². The SMILES string of the molecule is Cc1cc(CC(=O)O)cc(I)c1N. The normalized spacial score (nSPS) is 10.0. The van der Waals surface area contributed by atoms with Gasteiger partial charge in [0, 0.05) is 9.26 Å². The molecule has 4 heteroatoms. The van der Waals surface area contributed by atoms with E-state index >= 15 is 0 Å². The number of anilines is 1. The molecule has 0 radical (unpaired) electrons. The highest BCUT2D eigenvalue weighted by Gasteiger charge is 2.05. The quantitative estimate of drug-likeness (QED) is 0.645. The zero-order valence-electron chi connectivity index (χ0n) is 7.17. The predicted molar refractivity (Wildman–Crippen MR) is 59.6 cm³/mol. The fourth-order valence-electron chi connectivity index (χ4n) is 1.10. The van der Waals surface area contributed by atoms with Gasteiger partial charge in [0.2, 0.25) is 0 Å². The number of nitrogens with two attached hydrogens (primary N) is 1. The maximum absolute atomic E-state index is 10.4. The van der Waals surface area contributed by atoms with Crippen LogP contribution in [0.4, 0.5) is 5.69 Å². The Hall–Kier alpha value is -0.780. The van der Waals surface area contributed by atoms with Gasteiger partial charge in [-0.05, 0) is 46.7 Å². The minimum Gasteiger partial charge on any atom is -0.481 e. The first-order valence-corrected chi connectivity index (χ1v) is 4.85. The summed E-state index contributed by atoms with van der Waals surface area (Å²) in [6.07, 6.45) is 0.0527. The molecule has 1 rings (SSSR count). The molecular formula is C9H10INO2. The van der Waals surface area contributed by atoms with Crippen molar-refractivity contribution in [1.29, 1.82) is 0 Å². The monoisotopic (exact) mass is 291 g/mol. The van der Waals surface area contributed by atoms with Gasteiger partial charge in [0.25, 0.3) is 0 Å². The summed E-state index contributed by atoms with van der Waals surface area (Å²) in [5.74, 6) is -0.819. The Labute approximate surface area is 90.1 Å². The maximum Gasteiger partial charge on any atom is 0.307 e. The summed E-state index contributed by atoms with van der Waals surface area (Å²) in [6, 6.07) is 3.61. The molecule has 1 aromatic rings. The van der Waals surface area contributed by atoms with Gasteiger partial charge in [-0.1, -0.05) is 6.07 Å². The lowest BCUT2D eigenvalue weighted by atomic mass is 10.1. The minimum atomic E-state index is -0.819. The van der Waals surface area contributed by atoms with E-state index in [1.165, 1.54) is 0 Å². The Bertz CT molecular complexity index is 326. The molecule has 0 bridgehead atoms. The lowest BCUT2D eigenvalue weighted by Gasteiger charge is -2.05. The summed E-state index contributed by atoms with van der Waals surface area (Å²) >= 11 is 2.10. The van der Waals surface area contributed by atoms with Crippen LogP contribution in [0.3, 0.4) is 0 Å². The second-order valence-corrected chi connectivity index (χ2v) is 4.04. The van der Waals surface area contributed by atoms with Crippen molar-refractivity contribution < 1.29 is 9.90 Å². The van der Waals surface area contributed by atoms with Gasteiger partial charge in [0.15, 0.2) is 0 Å². The van der Waals surface area contributed by atoms with E-state index in [0.717, 1.165) is 20.4 Å². The van der Waals surface area contributed by atoms with Gasteiger partial charge in [-0.2, -0.15) is 0 Å². The molecule has 0 aliphatic carbocycles. The van der Waals surface area contributed by atoms with Crippen LogP contribution in [0, 0.1) is 10.5 Å². The fourth-order valence-corrected chi connectivity index (χ4v) is 1.93. The Kier molecular flexibility index (Phi) is 3.13. The number of aliphatic carboxylic acids is 1. The number of hydrogen-bond acceptors (Lipinski definition) is 2. The summed E-state index contributed by atoms with van der Waals surface area (Å²) < 4.78 is 0.911. The summed E-state index contributed by atoms with van der Waals surface area (Å²) in [4.78, 5) is 10.4. The third-order valence-electron chi connectivity index (χ3n) is 1.75. The Morgan fingerprint density at radius 2 is 2.23 bits per heavy atom. The van der Waals surface area contributed by atoms with Gasteiger partial charge in [-0.25, -0.2) is 0 Å². The molecule has 0 spiro atoms. The highest BCUT2D eigenvalue weighted by Crippen LogP contribution is 2.21. The van der Waals surface area contributed by atoms with Gasteiger partial charge in [0.1, 0.15) is 0 Å². The molecule has 1 aromatic carbocycles. The second kappa shape index (κ2) is 3.95. The molecule has 0 amide bonds. The van der Waals surface area contributed by atoms with E-state index in [1.807, 2.05) is 13.0 Å². The zero-order valence-corrected chi connectivity index (χ0v) is 9.33. The van der Waals surface area contributed by atoms with Crippen LogP contribution in [-0.4, -0.2) is 11.1 Å². The second-order valence-electron chi connectivity index (χ2n) is 2.88. The lowest BCUT2D eigenvalue weighted by Crippen LogP contribution is -2.02. The summed E-state index contributed by atoms with van der Waals surface area (Å²) in [7, 11) is 0. The Morgan fingerprint density at radius 1 is 1.62 bits per heavy atom. The number of carbonyl (C=O) groups is 1. The number of nitrogen functional groups attached to an aromatic ring is 1. The third kappa shape index (κ3) is 2.58. The average Bonchev–Trinajstić information content (AvgIpc) is 1.98. The van der Waals surface area contributed by atoms with Crippen LogP contribution in [0.15, 0.2) is 12.1 Å². The number of hydrogen-bond donors (Lipinski definition) is 2. The Balaban J connectivity index is 3.06. The zero-order chi connectivity index (χ0) is 10.0. The highest BCUT2D eigenvalue weighted by atomic mass is 127. The van der Waals surface area contributed by atoms with Crippen molar-refractivity contribution >= 4 is 34.2 Å². The molecule has 0 aliphatic rings. The summed E-state index contributed by atoms with van der Waals surface area (Å²) in [5.41, 5.74) is 8.19. The van der Waals surface area contributed by atoms with E-state index in [1.54, 1.807) is 6.07 Å². The molecule has 0 fully saturated rings. The van der Waals surface area contributed by atoms with Crippen molar-refractivity contribution in [3.05, 3.63) is 26.8 Å². The molecule has 0 aliphatic heterocycles. The summed E-state index contributed by atoms with van der Waals surface area (Å²) in [5, 5.41) is 8.58. The van der Waals surface area contributed by atoms with Crippen LogP contribution < -0.4 is 5.73 Å². The molecule has 3 nitrogen and oxygen atoms in total. The molecule has 70 valence electrons. The molecule has 13 heavy (non-hydrogen) atoms. The largest absolute Gasteiger partial charge is 0.481 e. The van der Waals surface area contributed by atoms with Crippen molar-refractivity contribution in [2.24, 2.45) is 0 Å². The molecule has 3 N–H and O–H groups in total. The van der Waals surface area contributed by atoms with Gasteiger partial charge < -0.3 is 10.8 Å². The van der Waals surface area contributed by atoms with Crippen LogP contribution in [0.1, 0.15) is 11.1 Å². The van der Waals surface area contributed by atoms with Gasteiger partial charge in [-0.3, -0.25) is 4.79 Å². The van der Waals surface area contributed by atoms with Crippen molar-refractivity contribution in [2.75, 3.05) is 5.73 Å². The first kappa shape index (κ1) is 10.3. The van der Waals surface area contributed by atoms with E-state index in [9.17, 15) is 4.79 Å². The van der Waals surface area contributed by atoms with E-state index in [2.05, 4.69) is 22.6 Å². The van der Waals surface area contributed by atoms with Crippen molar-refractivity contribution in [2.45, 2.75) is 13.3 Å². The van der Waals surface area contributed by atoms with Crippen molar-refractivity contribution in [3.63, 3.8) is 0 Å². The maximum atomic E-state index is 10.4. The standard InChI is InChI=1S/C9H10INO2/c1-5-2-6(4-8(12)13)3-7(10)9(5)11/h2-3H,4,11H2,1H3,(H,12,13). The van der Waals surface area contributed by atoms with Crippen LogP contribution in [0.2, 0.25) is 0 Å². The number of benzene rings is 1. The smallest absolute Gasteiger partial charge is 0.307 e. The van der Waals surface area contributed by atoms with Gasteiger partial charge in [-0.15, -0.1) is 0 Å². The van der Waals surface area contributed by atoms with Crippen molar-refractivity contribution in [3.8, 4) is 0 Å². The van der Waals surface area contributed by atoms with Crippen molar-refractivity contribution in [1.82, 2.24) is 0 Å². The van der Waals surface area contributed by atoms with E-state index in [0.29, 0.717) is 0 Å². The Morgan fingerprint density at radius 3 is 2.69 bits per heavy atom. The predicted octanol–water partition coefficient (Wildman–Crippen LogP) is 1.81. The third-order valence-corrected chi connectivity index (χ3v) is 2.64. The molecule has 0 unspecified atom stereocenters. The van der Waals surface area contributed by atoms with E-state index in [4.69, 9.17) is 10.8 Å². The number of rotatable bonds is 2. The molecule has 0 atom stereocenters. The number of carboxylic acids is 1. The van der Waals surface area contributed by atoms with Crippen LogP contribution in [-0.2, 0) is 11.2 Å². The highest BCUT2D eigenvalue weighted by molar-refractivity contribution is 14.1. The van der Waals surface area contributed by atoms with Gasteiger partial charge >= 0.3 is 5.97 Å².